The topological polar surface area (TPSA) is 32.3 Å². The van der Waals surface area contributed by atoms with Crippen molar-refractivity contribution in [2.75, 3.05) is 25.5 Å². The van der Waals surface area contributed by atoms with Gasteiger partial charge in [0, 0.05) is 44.6 Å². The van der Waals surface area contributed by atoms with Gasteiger partial charge in [-0.3, -0.25) is 4.90 Å². The molecule has 0 amide bonds. The number of nitrogens with zero attached hydrogens (tertiary/aromatic N) is 4. The van der Waals surface area contributed by atoms with Gasteiger partial charge in [-0.1, -0.05) is 36.8 Å². The molecule has 1 aromatic carbocycles. The Kier molecular flexibility index (Phi) is 5.81. The van der Waals surface area contributed by atoms with Gasteiger partial charge in [-0.15, -0.1) is 0 Å². The van der Waals surface area contributed by atoms with Crippen LogP contribution in [0.5, 0.6) is 0 Å². The van der Waals surface area contributed by atoms with Crippen LogP contribution in [0.15, 0.2) is 42.7 Å². The van der Waals surface area contributed by atoms with Crippen LogP contribution in [0.2, 0.25) is 0 Å². The first kappa shape index (κ1) is 16.9. The summed E-state index contributed by atoms with van der Waals surface area (Å²) >= 11 is 0. The zero-order valence-corrected chi connectivity index (χ0v) is 14.9. The van der Waals surface area contributed by atoms with E-state index in [4.69, 9.17) is 0 Å². The lowest BCUT2D eigenvalue weighted by molar-refractivity contribution is 0.132. The number of rotatable bonds is 6. The Morgan fingerprint density at radius 2 is 1.79 bits per heavy atom. The number of benzene rings is 1. The van der Waals surface area contributed by atoms with Crippen LogP contribution in [0, 0.1) is 0 Å². The lowest BCUT2D eigenvalue weighted by Crippen LogP contribution is -2.39. The summed E-state index contributed by atoms with van der Waals surface area (Å²) in [6.07, 6.45) is 10.3. The van der Waals surface area contributed by atoms with Gasteiger partial charge in [-0.25, -0.2) is 9.97 Å². The van der Waals surface area contributed by atoms with E-state index in [1.54, 1.807) is 0 Å². The summed E-state index contributed by atoms with van der Waals surface area (Å²) in [6, 6.07) is 11.5. The summed E-state index contributed by atoms with van der Waals surface area (Å²) in [5.41, 5.74) is 2.66. The number of hydrogen-bond donors (Lipinski definition) is 0. The van der Waals surface area contributed by atoms with Crippen LogP contribution in [-0.4, -0.2) is 41.5 Å². The molecule has 128 valence electrons. The predicted molar refractivity (Wildman–Crippen MR) is 99.2 cm³/mol. The van der Waals surface area contributed by atoms with Gasteiger partial charge in [-0.05, 0) is 37.8 Å². The number of anilines is 1. The van der Waals surface area contributed by atoms with Crippen LogP contribution in [-0.2, 0) is 13.0 Å². The second-order valence-corrected chi connectivity index (χ2v) is 6.93. The Morgan fingerprint density at radius 3 is 2.50 bits per heavy atom. The SMILES string of the molecule is CN(C)c1ncc(CN2CCCC[C@H]2CCc2ccccc2)cn1. The molecule has 1 aliphatic rings. The Labute approximate surface area is 145 Å². The molecule has 1 atom stereocenters. The molecule has 0 aliphatic carbocycles. The maximum Gasteiger partial charge on any atom is 0.224 e. The Balaban J connectivity index is 1.59. The van der Waals surface area contributed by atoms with Crippen LogP contribution in [0.4, 0.5) is 5.95 Å². The molecule has 0 bridgehead atoms. The van der Waals surface area contributed by atoms with Gasteiger partial charge >= 0.3 is 0 Å². The van der Waals surface area contributed by atoms with Gasteiger partial charge in [0.25, 0.3) is 0 Å². The number of hydrogen-bond acceptors (Lipinski definition) is 4. The van der Waals surface area contributed by atoms with E-state index < -0.39 is 0 Å². The highest BCUT2D eigenvalue weighted by Gasteiger charge is 2.22. The highest BCUT2D eigenvalue weighted by atomic mass is 15.2. The van der Waals surface area contributed by atoms with Crippen molar-refractivity contribution in [1.82, 2.24) is 14.9 Å². The second-order valence-electron chi connectivity index (χ2n) is 6.93. The van der Waals surface area contributed by atoms with Crippen LogP contribution < -0.4 is 4.90 Å². The lowest BCUT2D eigenvalue weighted by atomic mass is 9.95. The molecule has 1 saturated heterocycles. The summed E-state index contributed by atoms with van der Waals surface area (Å²) in [5, 5.41) is 0. The molecule has 0 saturated carbocycles. The van der Waals surface area contributed by atoms with Crippen molar-refractivity contribution in [1.29, 1.82) is 0 Å². The Morgan fingerprint density at radius 1 is 1.04 bits per heavy atom. The molecule has 1 fully saturated rings. The standard InChI is InChI=1S/C20H28N4/c1-23(2)20-21-14-18(15-22-20)16-24-13-7-6-10-19(24)12-11-17-8-4-3-5-9-17/h3-5,8-9,14-15,19H,6-7,10-13,16H2,1-2H3/t19-/m0/s1. The monoisotopic (exact) mass is 324 g/mol. The molecular weight excluding hydrogens is 296 g/mol. The molecule has 4 nitrogen and oxygen atoms in total. The molecule has 3 rings (SSSR count). The van der Waals surface area contributed by atoms with E-state index in [9.17, 15) is 0 Å². The largest absolute Gasteiger partial charge is 0.347 e. The third kappa shape index (κ3) is 4.54. The third-order valence-corrected chi connectivity index (χ3v) is 4.84. The second kappa shape index (κ2) is 8.25. The average molecular weight is 324 g/mol. The number of aromatic nitrogens is 2. The molecule has 4 heteroatoms. The lowest BCUT2D eigenvalue weighted by Gasteiger charge is -2.35. The minimum Gasteiger partial charge on any atom is -0.347 e. The maximum atomic E-state index is 4.45. The van der Waals surface area contributed by atoms with E-state index in [1.165, 1.54) is 43.4 Å². The van der Waals surface area contributed by atoms with Gasteiger partial charge in [0.2, 0.25) is 5.95 Å². The van der Waals surface area contributed by atoms with Crippen molar-refractivity contribution in [3.05, 3.63) is 53.9 Å². The Hall–Kier alpha value is -1.94. The average Bonchev–Trinajstić information content (AvgIpc) is 2.62. The van der Waals surface area contributed by atoms with E-state index >= 15 is 0 Å². The molecule has 0 spiro atoms. The van der Waals surface area contributed by atoms with Gasteiger partial charge in [0.05, 0.1) is 0 Å². The van der Waals surface area contributed by atoms with Crippen LogP contribution in [0.25, 0.3) is 0 Å². The maximum absolute atomic E-state index is 4.45. The van der Waals surface area contributed by atoms with Crippen molar-refractivity contribution in [3.63, 3.8) is 0 Å². The summed E-state index contributed by atoms with van der Waals surface area (Å²) in [4.78, 5) is 13.5. The van der Waals surface area contributed by atoms with E-state index in [-0.39, 0.29) is 0 Å². The van der Waals surface area contributed by atoms with E-state index in [2.05, 4.69) is 45.2 Å². The van der Waals surface area contributed by atoms with Gasteiger partial charge in [0.1, 0.15) is 0 Å². The summed E-state index contributed by atoms with van der Waals surface area (Å²) < 4.78 is 0. The molecule has 0 N–H and O–H groups in total. The van der Waals surface area contributed by atoms with Gasteiger partial charge < -0.3 is 4.90 Å². The van der Waals surface area contributed by atoms with E-state index in [1.807, 2.05) is 31.4 Å². The smallest absolute Gasteiger partial charge is 0.224 e. The number of likely N-dealkylation sites (tertiary alicyclic amines) is 1. The minimum atomic E-state index is 0.674. The first-order valence-electron chi connectivity index (χ1n) is 8.98. The first-order chi connectivity index (χ1) is 11.7. The fourth-order valence-electron chi connectivity index (χ4n) is 3.47. The molecule has 2 aromatic rings. The molecule has 0 radical (unpaired) electrons. The number of piperidine rings is 1. The molecule has 1 aromatic heterocycles. The first-order valence-corrected chi connectivity index (χ1v) is 8.98. The summed E-state index contributed by atoms with van der Waals surface area (Å²) in [6.45, 7) is 2.15. The van der Waals surface area contributed by atoms with E-state index in [0.717, 1.165) is 18.9 Å². The third-order valence-electron chi connectivity index (χ3n) is 4.84. The predicted octanol–water partition coefficient (Wildman–Crippen LogP) is 3.53. The fraction of sp³-hybridized carbons (Fsp3) is 0.500. The van der Waals surface area contributed by atoms with Crippen LogP contribution >= 0.6 is 0 Å². The van der Waals surface area contributed by atoms with Crippen molar-refractivity contribution in [3.8, 4) is 0 Å². The Bertz CT molecular complexity index is 609. The van der Waals surface area contributed by atoms with Crippen molar-refractivity contribution >= 4 is 5.95 Å². The van der Waals surface area contributed by atoms with Gasteiger partial charge in [0.15, 0.2) is 0 Å². The molecular formula is C20H28N4. The normalized spacial score (nSPS) is 18.5. The molecule has 24 heavy (non-hydrogen) atoms. The van der Waals surface area contributed by atoms with Crippen molar-refractivity contribution in [2.45, 2.75) is 44.7 Å². The highest BCUT2D eigenvalue weighted by Crippen LogP contribution is 2.23. The molecule has 1 aliphatic heterocycles. The van der Waals surface area contributed by atoms with Crippen molar-refractivity contribution in [2.24, 2.45) is 0 Å². The minimum absolute atomic E-state index is 0.674. The zero-order valence-electron chi connectivity index (χ0n) is 14.9. The fourth-order valence-corrected chi connectivity index (χ4v) is 3.47. The van der Waals surface area contributed by atoms with Gasteiger partial charge in [-0.2, -0.15) is 0 Å². The van der Waals surface area contributed by atoms with Crippen LogP contribution in [0.1, 0.15) is 36.8 Å². The molecule has 2 heterocycles. The zero-order chi connectivity index (χ0) is 16.8. The quantitative estimate of drug-likeness (QED) is 0.814. The summed E-state index contributed by atoms with van der Waals surface area (Å²) in [5.74, 6) is 0.776. The van der Waals surface area contributed by atoms with Crippen molar-refractivity contribution < 1.29 is 0 Å². The highest BCUT2D eigenvalue weighted by molar-refractivity contribution is 5.26. The summed E-state index contributed by atoms with van der Waals surface area (Å²) in [7, 11) is 3.94. The number of aryl methyl sites for hydroxylation is 1. The molecule has 0 unspecified atom stereocenters. The van der Waals surface area contributed by atoms with E-state index in [0.29, 0.717) is 6.04 Å². The van der Waals surface area contributed by atoms with Crippen LogP contribution in [0.3, 0.4) is 0 Å².